The molecular formula is C6H11NO4S. The van der Waals surface area contributed by atoms with E-state index in [2.05, 4.69) is 10.8 Å². The van der Waals surface area contributed by atoms with Crippen molar-refractivity contribution < 1.29 is 17.4 Å². The zero-order chi connectivity index (χ0) is 9.61. The van der Waals surface area contributed by atoms with E-state index in [0.717, 1.165) is 6.08 Å². The molecule has 0 radical (unpaired) electrons. The summed E-state index contributed by atoms with van der Waals surface area (Å²) in [6.07, 6.45) is 1.41. The van der Waals surface area contributed by atoms with E-state index >= 15 is 0 Å². The van der Waals surface area contributed by atoms with Gasteiger partial charge in [0.05, 0.1) is 6.61 Å². The van der Waals surface area contributed by atoms with Gasteiger partial charge in [-0.2, -0.15) is 8.42 Å². The average Bonchev–Trinajstić information content (AvgIpc) is 2.00. The molecule has 0 aliphatic rings. The van der Waals surface area contributed by atoms with Crippen LogP contribution < -0.4 is 4.72 Å². The summed E-state index contributed by atoms with van der Waals surface area (Å²) < 4.78 is 27.5. The summed E-state index contributed by atoms with van der Waals surface area (Å²) in [5.74, 6) is -0.800. The summed E-state index contributed by atoms with van der Waals surface area (Å²) in [7, 11) is -3.93. The molecule has 1 amide bonds. The molecule has 0 spiro atoms. The first-order valence-electron chi connectivity index (χ1n) is 3.35. The van der Waals surface area contributed by atoms with Crippen molar-refractivity contribution in [3.8, 4) is 0 Å². The molecule has 0 aromatic rings. The van der Waals surface area contributed by atoms with E-state index in [1.807, 2.05) is 0 Å². The monoisotopic (exact) mass is 193 g/mol. The number of hydrogen-bond donors (Lipinski definition) is 1. The molecule has 0 heterocycles. The Labute approximate surface area is 71.7 Å². The first-order chi connectivity index (χ1) is 5.52. The van der Waals surface area contributed by atoms with Gasteiger partial charge >= 0.3 is 10.3 Å². The molecule has 0 aliphatic heterocycles. The van der Waals surface area contributed by atoms with Crippen LogP contribution in [0.1, 0.15) is 13.3 Å². The predicted octanol–water partition coefficient (Wildman–Crippen LogP) is -0.0400. The van der Waals surface area contributed by atoms with Crippen molar-refractivity contribution in [2.45, 2.75) is 13.3 Å². The van der Waals surface area contributed by atoms with Crippen LogP contribution in [0.15, 0.2) is 12.7 Å². The van der Waals surface area contributed by atoms with Crippen LogP contribution in [-0.4, -0.2) is 20.9 Å². The van der Waals surface area contributed by atoms with E-state index in [1.54, 1.807) is 11.6 Å². The molecule has 70 valence electrons. The number of rotatable bonds is 5. The summed E-state index contributed by atoms with van der Waals surface area (Å²) >= 11 is 0. The molecule has 0 atom stereocenters. The van der Waals surface area contributed by atoms with Crippen LogP contribution in [0.2, 0.25) is 0 Å². The zero-order valence-electron chi connectivity index (χ0n) is 6.74. The summed E-state index contributed by atoms with van der Waals surface area (Å²) in [6, 6.07) is 0. The molecule has 0 unspecified atom stereocenters. The van der Waals surface area contributed by atoms with E-state index in [4.69, 9.17) is 0 Å². The Bertz CT molecular complexity index is 257. The smallest absolute Gasteiger partial charge is 0.269 e. The fourth-order valence-corrected chi connectivity index (χ4v) is 1.16. The summed E-state index contributed by atoms with van der Waals surface area (Å²) in [5.41, 5.74) is 0. The lowest BCUT2D eigenvalue weighted by Gasteiger charge is -2.02. The normalized spacial score (nSPS) is 10.8. The fraction of sp³-hybridized carbons (Fsp3) is 0.500. The van der Waals surface area contributed by atoms with Crippen LogP contribution in [0.4, 0.5) is 0 Å². The Kier molecular flexibility index (Phi) is 4.53. The number of carbonyl (C=O) groups is 1. The maximum atomic E-state index is 10.8. The highest BCUT2D eigenvalue weighted by atomic mass is 32.2. The molecule has 12 heavy (non-hydrogen) atoms. The average molecular weight is 193 g/mol. The Morgan fingerprint density at radius 1 is 1.67 bits per heavy atom. The minimum Gasteiger partial charge on any atom is -0.269 e. The maximum Gasteiger partial charge on any atom is 0.362 e. The molecule has 0 saturated heterocycles. The zero-order valence-corrected chi connectivity index (χ0v) is 7.56. The molecule has 0 rings (SSSR count). The van der Waals surface area contributed by atoms with Gasteiger partial charge in [0.1, 0.15) is 0 Å². The van der Waals surface area contributed by atoms with Crippen molar-refractivity contribution in [2.24, 2.45) is 0 Å². The third kappa shape index (κ3) is 4.86. The maximum absolute atomic E-state index is 10.8. The van der Waals surface area contributed by atoms with E-state index in [9.17, 15) is 13.2 Å². The first-order valence-corrected chi connectivity index (χ1v) is 4.76. The minimum atomic E-state index is -3.93. The van der Waals surface area contributed by atoms with Gasteiger partial charge in [-0.25, -0.2) is 4.72 Å². The summed E-state index contributed by atoms with van der Waals surface area (Å²) in [4.78, 5) is 10.5. The number of amides is 1. The van der Waals surface area contributed by atoms with Crippen molar-refractivity contribution in [3.05, 3.63) is 12.7 Å². The SMILES string of the molecule is C=CC(=O)NS(=O)(=O)OCCC. The Morgan fingerprint density at radius 2 is 2.25 bits per heavy atom. The van der Waals surface area contributed by atoms with Crippen molar-refractivity contribution in [2.75, 3.05) is 6.61 Å². The molecule has 0 fully saturated rings. The van der Waals surface area contributed by atoms with Gasteiger partial charge in [0.15, 0.2) is 0 Å². The van der Waals surface area contributed by atoms with Gasteiger partial charge in [-0.05, 0) is 12.5 Å². The van der Waals surface area contributed by atoms with Gasteiger partial charge in [0.2, 0.25) is 0 Å². The van der Waals surface area contributed by atoms with E-state index in [1.165, 1.54) is 0 Å². The van der Waals surface area contributed by atoms with Gasteiger partial charge in [0.25, 0.3) is 5.91 Å². The van der Waals surface area contributed by atoms with Crippen LogP contribution in [0.5, 0.6) is 0 Å². The molecular weight excluding hydrogens is 182 g/mol. The van der Waals surface area contributed by atoms with Crippen LogP contribution in [0.3, 0.4) is 0 Å². The molecule has 5 nitrogen and oxygen atoms in total. The first kappa shape index (κ1) is 11.1. The highest BCUT2D eigenvalue weighted by molar-refractivity contribution is 7.85. The summed E-state index contributed by atoms with van der Waals surface area (Å²) in [6.45, 7) is 4.90. The van der Waals surface area contributed by atoms with Crippen molar-refractivity contribution in [1.29, 1.82) is 0 Å². The highest BCUT2D eigenvalue weighted by Crippen LogP contribution is 1.89. The van der Waals surface area contributed by atoms with Gasteiger partial charge < -0.3 is 0 Å². The lowest BCUT2D eigenvalue weighted by Crippen LogP contribution is -2.30. The molecule has 0 aliphatic carbocycles. The second-order valence-corrected chi connectivity index (χ2v) is 3.29. The van der Waals surface area contributed by atoms with Gasteiger partial charge in [-0.15, -0.1) is 0 Å². The van der Waals surface area contributed by atoms with Crippen molar-refractivity contribution in [1.82, 2.24) is 4.72 Å². The molecule has 0 aromatic heterocycles. The van der Waals surface area contributed by atoms with Crippen molar-refractivity contribution >= 4 is 16.2 Å². The fourth-order valence-electron chi connectivity index (χ4n) is 0.387. The standard InChI is InChI=1S/C6H11NO4S/c1-3-5-11-12(9,10)7-6(8)4-2/h4H,2-3,5H2,1H3,(H,7,8). The quantitative estimate of drug-likeness (QED) is 0.622. The van der Waals surface area contributed by atoms with Crippen LogP contribution in [-0.2, 0) is 19.3 Å². The second-order valence-electron chi connectivity index (χ2n) is 1.95. The Morgan fingerprint density at radius 3 is 2.67 bits per heavy atom. The highest BCUT2D eigenvalue weighted by Gasteiger charge is 2.11. The van der Waals surface area contributed by atoms with Gasteiger partial charge in [0, 0.05) is 0 Å². The van der Waals surface area contributed by atoms with Gasteiger partial charge in [-0.3, -0.25) is 8.98 Å². The Hall–Kier alpha value is -0.880. The van der Waals surface area contributed by atoms with Crippen molar-refractivity contribution in [3.63, 3.8) is 0 Å². The number of nitrogens with one attached hydrogen (secondary N) is 1. The Balaban J connectivity index is 4.05. The molecule has 0 saturated carbocycles. The summed E-state index contributed by atoms with van der Waals surface area (Å²) in [5, 5.41) is 0. The topological polar surface area (TPSA) is 72.5 Å². The van der Waals surface area contributed by atoms with E-state index in [0.29, 0.717) is 6.42 Å². The van der Waals surface area contributed by atoms with E-state index < -0.39 is 16.2 Å². The number of hydrogen-bond acceptors (Lipinski definition) is 4. The molecule has 0 aromatic carbocycles. The van der Waals surface area contributed by atoms with Crippen LogP contribution in [0.25, 0.3) is 0 Å². The van der Waals surface area contributed by atoms with Crippen LogP contribution in [0, 0.1) is 0 Å². The third-order valence-corrected chi connectivity index (χ3v) is 1.78. The molecule has 0 bridgehead atoms. The minimum absolute atomic E-state index is 0.0553. The van der Waals surface area contributed by atoms with Crippen LogP contribution >= 0.6 is 0 Å². The third-order valence-electron chi connectivity index (χ3n) is 0.854. The number of carbonyl (C=O) groups excluding carboxylic acids is 1. The molecule has 1 N–H and O–H groups in total. The lowest BCUT2D eigenvalue weighted by atomic mass is 10.5. The molecule has 6 heteroatoms. The predicted molar refractivity (Wildman–Crippen MR) is 43.5 cm³/mol. The van der Waals surface area contributed by atoms with Gasteiger partial charge in [-0.1, -0.05) is 13.5 Å². The largest absolute Gasteiger partial charge is 0.362 e. The lowest BCUT2D eigenvalue weighted by molar-refractivity contribution is -0.114. The second kappa shape index (κ2) is 4.89. The van der Waals surface area contributed by atoms with E-state index in [-0.39, 0.29) is 6.61 Å².